The second-order valence-corrected chi connectivity index (χ2v) is 7.43. The second-order valence-electron chi connectivity index (χ2n) is 7.43. The van der Waals surface area contributed by atoms with Crippen LogP contribution >= 0.6 is 0 Å². The molecular formula is C25H26N4O2. The zero-order valence-corrected chi connectivity index (χ0v) is 17.6. The minimum Gasteiger partial charge on any atom is -0.494 e. The molecule has 0 radical (unpaired) electrons. The lowest BCUT2D eigenvalue weighted by Gasteiger charge is -2.11. The Morgan fingerprint density at radius 2 is 1.90 bits per heavy atom. The Labute approximate surface area is 181 Å². The van der Waals surface area contributed by atoms with Gasteiger partial charge in [-0.2, -0.15) is 0 Å². The van der Waals surface area contributed by atoms with E-state index < -0.39 is 0 Å². The van der Waals surface area contributed by atoms with Crippen LogP contribution in [0.2, 0.25) is 0 Å². The number of ether oxygens (including phenoxy) is 1. The summed E-state index contributed by atoms with van der Waals surface area (Å²) in [7, 11) is 0. The van der Waals surface area contributed by atoms with Crippen molar-refractivity contribution in [1.82, 2.24) is 19.9 Å². The molecule has 0 saturated carbocycles. The summed E-state index contributed by atoms with van der Waals surface area (Å²) in [5.74, 6) is 1.73. The number of rotatable bonds is 9. The summed E-state index contributed by atoms with van der Waals surface area (Å²) in [6.45, 7) is 4.01. The molecule has 2 aromatic carbocycles. The number of pyridine rings is 1. The molecular weight excluding hydrogens is 388 g/mol. The van der Waals surface area contributed by atoms with Crippen LogP contribution in [0.4, 0.5) is 0 Å². The number of aromatic nitrogens is 3. The van der Waals surface area contributed by atoms with E-state index in [4.69, 9.17) is 9.72 Å². The molecule has 0 aliphatic rings. The zero-order chi connectivity index (χ0) is 21.5. The maximum absolute atomic E-state index is 12.3. The highest BCUT2D eigenvalue weighted by atomic mass is 16.5. The number of nitrogens with zero attached hydrogens (tertiary/aromatic N) is 3. The Morgan fingerprint density at radius 1 is 1.06 bits per heavy atom. The normalized spacial score (nSPS) is 10.9. The van der Waals surface area contributed by atoms with E-state index >= 15 is 0 Å². The lowest BCUT2D eigenvalue weighted by molar-refractivity contribution is 0.0953. The molecule has 0 unspecified atom stereocenters. The van der Waals surface area contributed by atoms with Gasteiger partial charge in [-0.3, -0.25) is 9.78 Å². The minimum absolute atomic E-state index is 0.123. The summed E-state index contributed by atoms with van der Waals surface area (Å²) in [5.41, 5.74) is 3.85. The van der Waals surface area contributed by atoms with E-state index in [1.54, 1.807) is 24.5 Å². The van der Waals surface area contributed by atoms with Gasteiger partial charge < -0.3 is 14.6 Å². The minimum atomic E-state index is -0.123. The maximum Gasteiger partial charge on any atom is 0.252 e. The first-order chi connectivity index (χ1) is 15.2. The smallest absolute Gasteiger partial charge is 0.252 e. The molecule has 0 saturated heterocycles. The third-order valence-corrected chi connectivity index (χ3v) is 5.11. The van der Waals surface area contributed by atoms with Crippen molar-refractivity contribution in [3.05, 3.63) is 90.0 Å². The van der Waals surface area contributed by atoms with Gasteiger partial charge in [-0.05, 0) is 49.7 Å². The van der Waals surface area contributed by atoms with Crippen molar-refractivity contribution in [2.45, 2.75) is 26.3 Å². The number of carbonyl (C=O) groups excluding carboxylic acids is 1. The van der Waals surface area contributed by atoms with E-state index in [0.29, 0.717) is 25.1 Å². The number of hydrogen-bond donors (Lipinski definition) is 1. The standard InChI is InChI=1S/C25H26N4O2/c1-19-9-11-21(12-10-19)31-17-5-16-29-23-8-3-2-7-22(23)28-24(29)13-15-27-25(30)20-6-4-14-26-18-20/h2-4,6-12,14,18H,5,13,15-17H2,1H3,(H,27,30). The van der Waals surface area contributed by atoms with Crippen LogP contribution in [-0.2, 0) is 13.0 Å². The summed E-state index contributed by atoms with van der Waals surface area (Å²) >= 11 is 0. The Kier molecular flexibility index (Phi) is 6.57. The van der Waals surface area contributed by atoms with Gasteiger partial charge in [0.15, 0.2) is 0 Å². The van der Waals surface area contributed by atoms with Gasteiger partial charge in [0.2, 0.25) is 0 Å². The fraction of sp³-hybridized carbons (Fsp3) is 0.240. The quantitative estimate of drug-likeness (QED) is 0.417. The van der Waals surface area contributed by atoms with E-state index in [2.05, 4.69) is 40.0 Å². The van der Waals surface area contributed by atoms with E-state index in [1.807, 2.05) is 30.3 Å². The molecule has 31 heavy (non-hydrogen) atoms. The molecule has 0 fully saturated rings. The fourth-order valence-corrected chi connectivity index (χ4v) is 3.50. The molecule has 0 spiro atoms. The van der Waals surface area contributed by atoms with Crippen LogP contribution in [0.15, 0.2) is 73.1 Å². The van der Waals surface area contributed by atoms with Crippen LogP contribution in [0.3, 0.4) is 0 Å². The second kappa shape index (κ2) is 9.89. The highest BCUT2D eigenvalue weighted by Gasteiger charge is 2.11. The lowest BCUT2D eigenvalue weighted by Crippen LogP contribution is -2.26. The van der Waals surface area contributed by atoms with E-state index in [1.165, 1.54) is 5.56 Å². The summed E-state index contributed by atoms with van der Waals surface area (Å²) in [6, 6.07) is 19.7. The van der Waals surface area contributed by atoms with Crippen LogP contribution in [0.5, 0.6) is 5.75 Å². The van der Waals surface area contributed by atoms with Crippen molar-refractivity contribution in [2.75, 3.05) is 13.2 Å². The van der Waals surface area contributed by atoms with Crippen molar-refractivity contribution < 1.29 is 9.53 Å². The molecule has 0 aliphatic heterocycles. The predicted molar refractivity (Wildman–Crippen MR) is 121 cm³/mol. The molecule has 1 amide bonds. The van der Waals surface area contributed by atoms with Gasteiger partial charge in [0, 0.05) is 31.9 Å². The average Bonchev–Trinajstić information content (AvgIpc) is 3.16. The number of hydrogen-bond acceptors (Lipinski definition) is 4. The number of nitrogens with one attached hydrogen (secondary N) is 1. The monoisotopic (exact) mass is 414 g/mol. The third kappa shape index (κ3) is 5.28. The van der Waals surface area contributed by atoms with E-state index in [-0.39, 0.29) is 5.91 Å². The topological polar surface area (TPSA) is 69.0 Å². The zero-order valence-electron chi connectivity index (χ0n) is 17.6. The van der Waals surface area contributed by atoms with Crippen molar-refractivity contribution in [3.63, 3.8) is 0 Å². The number of benzene rings is 2. The van der Waals surface area contributed by atoms with Crippen LogP contribution < -0.4 is 10.1 Å². The molecule has 0 bridgehead atoms. The molecule has 4 aromatic rings. The van der Waals surface area contributed by atoms with Crippen LogP contribution in [-0.4, -0.2) is 33.6 Å². The van der Waals surface area contributed by atoms with Crippen molar-refractivity contribution in [1.29, 1.82) is 0 Å². The van der Waals surface area contributed by atoms with Crippen LogP contribution in [0.1, 0.15) is 28.2 Å². The van der Waals surface area contributed by atoms with Gasteiger partial charge in [-0.15, -0.1) is 0 Å². The number of carbonyl (C=O) groups is 1. The van der Waals surface area contributed by atoms with Gasteiger partial charge in [-0.25, -0.2) is 4.98 Å². The summed E-state index contributed by atoms with van der Waals surface area (Å²) < 4.78 is 8.10. The van der Waals surface area contributed by atoms with Crippen molar-refractivity contribution >= 4 is 16.9 Å². The van der Waals surface area contributed by atoms with Gasteiger partial charge >= 0.3 is 0 Å². The first-order valence-electron chi connectivity index (χ1n) is 10.5. The van der Waals surface area contributed by atoms with Gasteiger partial charge in [-0.1, -0.05) is 29.8 Å². The van der Waals surface area contributed by atoms with Gasteiger partial charge in [0.1, 0.15) is 11.6 Å². The number of amides is 1. The van der Waals surface area contributed by atoms with Gasteiger partial charge in [0.25, 0.3) is 5.91 Å². The Bertz CT molecular complexity index is 1140. The van der Waals surface area contributed by atoms with Gasteiger partial charge in [0.05, 0.1) is 23.2 Å². The highest BCUT2D eigenvalue weighted by molar-refractivity contribution is 5.93. The Balaban J connectivity index is 1.37. The predicted octanol–water partition coefficient (Wildman–Crippen LogP) is 4.18. The Hall–Kier alpha value is -3.67. The molecule has 4 rings (SSSR count). The third-order valence-electron chi connectivity index (χ3n) is 5.11. The summed E-state index contributed by atoms with van der Waals surface area (Å²) in [6.07, 6.45) is 4.74. The Morgan fingerprint density at radius 3 is 2.71 bits per heavy atom. The van der Waals surface area contributed by atoms with Crippen molar-refractivity contribution in [2.24, 2.45) is 0 Å². The first kappa shape index (κ1) is 20.6. The number of imidazole rings is 1. The highest BCUT2D eigenvalue weighted by Crippen LogP contribution is 2.17. The number of aryl methyl sites for hydroxylation is 2. The molecule has 158 valence electrons. The average molecular weight is 415 g/mol. The first-order valence-corrected chi connectivity index (χ1v) is 10.5. The molecule has 2 heterocycles. The largest absolute Gasteiger partial charge is 0.494 e. The fourth-order valence-electron chi connectivity index (χ4n) is 3.50. The lowest BCUT2D eigenvalue weighted by atomic mass is 10.2. The van der Waals surface area contributed by atoms with Crippen LogP contribution in [0.25, 0.3) is 11.0 Å². The molecule has 0 atom stereocenters. The van der Waals surface area contributed by atoms with Crippen LogP contribution in [0, 0.1) is 6.92 Å². The summed E-state index contributed by atoms with van der Waals surface area (Å²) in [5, 5.41) is 2.96. The SMILES string of the molecule is Cc1ccc(OCCCn2c(CCNC(=O)c3cccnc3)nc3ccccc32)cc1. The summed E-state index contributed by atoms with van der Waals surface area (Å²) in [4.78, 5) is 21.0. The number of para-hydroxylation sites is 2. The van der Waals surface area contributed by atoms with E-state index in [9.17, 15) is 4.79 Å². The molecule has 0 aliphatic carbocycles. The molecule has 1 N–H and O–H groups in total. The number of fused-ring (bicyclic) bond motifs is 1. The molecule has 6 nitrogen and oxygen atoms in total. The maximum atomic E-state index is 12.3. The van der Waals surface area contributed by atoms with E-state index in [0.717, 1.165) is 35.6 Å². The van der Waals surface area contributed by atoms with Crippen molar-refractivity contribution in [3.8, 4) is 5.75 Å². The molecule has 6 heteroatoms. The molecule has 2 aromatic heterocycles.